The standard InChI is InChI=1S/C18H23ClN4/c1-12-11-13(19)6-7-15(12)23-18-14(8-9-20-18)17(21-23)16-5-3-4-10-22(16)2/h6-7,11,16,20H,3-5,8-10H2,1-2H3. The van der Waals surface area contributed by atoms with E-state index < -0.39 is 0 Å². The van der Waals surface area contributed by atoms with Crippen molar-refractivity contribution in [3.63, 3.8) is 0 Å². The minimum Gasteiger partial charge on any atom is -0.369 e. The number of benzene rings is 1. The molecule has 0 amide bonds. The molecule has 4 nitrogen and oxygen atoms in total. The zero-order chi connectivity index (χ0) is 16.0. The van der Waals surface area contributed by atoms with Crippen molar-refractivity contribution < 1.29 is 0 Å². The number of piperidine rings is 1. The average Bonchev–Trinajstić information content (AvgIpc) is 3.11. The molecule has 4 rings (SSSR count). The smallest absolute Gasteiger partial charge is 0.133 e. The summed E-state index contributed by atoms with van der Waals surface area (Å²) in [4.78, 5) is 2.46. The molecule has 23 heavy (non-hydrogen) atoms. The second kappa shape index (κ2) is 5.84. The first-order chi connectivity index (χ1) is 11.1. The SMILES string of the molecule is Cc1cc(Cl)ccc1-n1nc(C2CCCCN2C)c2c1NCC2. The van der Waals surface area contributed by atoms with Crippen molar-refractivity contribution in [1.29, 1.82) is 0 Å². The van der Waals surface area contributed by atoms with E-state index in [2.05, 4.69) is 34.9 Å². The van der Waals surface area contributed by atoms with Gasteiger partial charge in [0.15, 0.2) is 0 Å². The fourth-order valence-corrected chi connectivity index (χ4v) is 4.15. The minimum absolute atomic E-state index is 0.450. The van der Waals surface area contributed by atoms with Crippen LogP contribution in [0.4, 0.5) is 5.82 Å². The summed E-state index contributed by atoms with van der Waals surface area (Å²) < 4.78 is 2.09. The summed E-state index contributed by atoms with van der Waals surface area (Å²) in [5, 5.41) is 9.34. The molecule has 2 aliphatic heterocycles. The summed E-state index contributed by atoms with van der Waals surface area (Å²) in [6.07, 6.45) is 4.87. The van der Waals surface area contributed by atoms with E-state index in [9.17, 15) is 0 Å². The number of aromatic nitrogens is 2. The van der Waals surface area contributed by atoms with Crippen LogP contribution in [0.25, 0.3) is 5.69 Å². The van der Waals surface area contributed by atoms with Crippen LogP contribution in [0.2, 0.25) is 5.02 Å². The predicted molar refractivity (Wildman–Crippen MR) is 94.7 cm³/mol. The van der Waals surface area contributed by atoms with E-state index in [4.69, 9.17) is 16.7 Å². The molecule has 1 aromatic carbocycles. The number of nitrogens with one attached hydrogen (secondary N) is 1. The summed E-state index contributed by atoms with van der Waals surface area (Å²) in [5.74, 6) is 1.17. The summed E-state index contributed by atoms with van der Waals surface area (Å²) in [6, 6.07) is 6.47. The summed E-state index contributed by atoms with van der Waals surface area (Å²) in [7, 11) is 2.23. The van der Waals surface area contributed by atoms with E-state index in [0.717, 1.165) is 29.2 Å². The molecule has 1 fully saturated rings. The number of aryl methyl sites for hydroxylation is 1. The third-order valence-electron chi connectivity index (χ3n) is 5.16. The van der Waals surface area contributed by atoms with Crippen LogP contribution in [-0.4, -0.2) is 34.8 Å². The van der Waals surface area contributed by atoms with E-state index in [1.807, 2.05) is 12.1 Å². The van der Waals surface area contributed by atoms with E-state index in [-0.39, 0.29) is 0 Å². The van der Waals surface area contributed by atoms with E-state index in [1.165, 1.54) is 42.9 Å². The number of nitrogens with zero attached hydrogens (tertiary/aromatic N) is 3. The Hall–Kier alpha value is -1.52. The normalized spacial score (nSPS) is 21.3. The Morgan fingerprint density at radius 2 is 2.17 bits per heavy atom. The molecule has 0 saturated carbocycles. The van der Waals surface area contributed by atoms with Crippen molar-refractivity contribution in [1.82, 2.24) is 14.7 Å². The molecule has 0 aliphatic carbocycles. The van der Waals surface area contributed by atoms with Crippen molar-refractivity contribution in [2.24, 2.45) is 0 Å². The van der Waals surface area contributed by atoms with Gasteiger partial charge in [-0.25, -0.2) is 4.68 Å². The van der Waals surface area contributed by atoms with Crippen LogP contribution in [-0.2, 0) is 6.42 Å². The lowest BCUT2D eigenvalue weighted by Gasteiger charge is -2.31. The lowest BCUT2D eigenvalue weighted by Crippen LogP contribution is -2.30. The summed E-state index contributed by atoms with van der Waals surface area (Å²) in [6.45, 7) is 4.26. The topological polar surface area (TPSA) is 33.1 Å². The molecule has 122 valence electrons. The minimum atomic E-state index is 0.450. The van der Waals surface area contributed by atoms with Gasteiger partial charge in [0.05, 0.1) is 17.4 Å². The Morgan fingerprint density at radius 1 is 1.30 bits per heavy atom. The van der Waals surface area contributed by atoms with Gasteiger partial charge < -0.3 is 5.32 Å². The third kappa shape index (κ3) is 2.54. The molecule has 1 saturated heterocycles. The van der Waals surface area contributed by atoms with E-state index in [0.29, 0.717) is 6.04 Å². The molecule has 0 spiro atoms. The molecular formula is C18H23ClN4. The Balaban J connectivity index is 1.81. The van der Waals surface area contributed by atoms with Crippen molar-refractivity contribution >= 4 is 17.4 Å². The Kier molecular flexibility index (Phi) is 3.82. The molecular weight excluding hydrogens is 308 g/mol. The molecule has 3 heterocycles. The van der Waals surface area contributed by atoms with Crippen LogP contribution in [0.3, 0.4) is 0 Å². The number of halogens is 1. The molecule has 0 radical (unpaired) electrons. The Labute approximate surface area is 142 Å². The Morgan fingerprint density at radius 3 is 2.96 bits per heavy atom. The first-order valence-corrected chi connectivity index (χ1v) is 8.85. The van der Waals surface area contributed by atoms with Crippen molar-refractivity contribution in [3.05, 3.63) is 40.0 Å². The van der Waals surface area contributed by atoms with Crippen LogP contribution in [0.1, 0.15) is 42.1 Å². The molecule has 1 aromatic heterocycles. The largest absolute Gasteiger partial charge is 0.369 e. The number of likely N-dealkylation sites (tertiary alicyclic amines) is 1. The highest BCUT2D eigenvalue weighted by atomic mass is 35.5. The van der Waals surface area contributed by atoms with Crippen molar-refractivity contribution in [2.75, 3.05) is 25.5 Å². The number of fused-ring (bicyclic) bond motifs is 1. The van der Waals surface area contributed by atoms with Gasteiger partial charge in [-0.2, -0.15) is 5.10 Å². The van der Waals surface area contributed by atoms with E-state index in [1.54, 1.807) is 0 Å². The van der Waals surface area contributed by atoms with Crippen LogP contribution < -0.4 is 5.32 Å². The molecule has 1 unspecified atom stereocenters. The predicted octanol–water partition coefficient (Wildman–Crippen LogP) is 3.96. The lowest BCUT2D eigenvalue weighted by atomic mass is 9.97. The quantitative estimate of drug-likeness (QED) is 0.904. The van der Waals surface area contributed by atoms with Gasteiger partial charge in [-0.3, -0.25) is 4.90 Å². The first kappa shape index (κ1) is 15.0. The highest BCUT2D eigenvalue weighted by Crippen LogP contribution is 2.37. The third-order valence-corrected chi connectivity index (χ3v) is 5.39. The van der Waals surface area contributed by atoms with E-state index >= 15 is 0 Å². The zero-order valence-corrected chi connectivity index (χ0v) is 14.5. The van der Waals surface area contributed by atoms with Crippen LogP contribution in [0, 0.1) is 6.92 Å². The van der Waals surface area contributed by atoms with Crippen LogP contribution in [0.15, 0.2) is 18.2 Å². The molecule has 2 aromatic rings. The summed E-state index contributed by atoms with van der Waals surface area (Å²) >= 11 is 6.12. The highest BCUT2D eigenvalue weighted by Gasteiger charge is 2.31. The van der Waals surface area contributed by atoms with Gasteiger partial charge in [-0.05, 0) is 63.5 Å². The number of hydrogen-bond donors (Lipinski definition) is 1. The first-order valence-electron chi connectivity index (χ1n) is 8.47. The molecule has 5 heteroatoms. The zero-order valence-electron chi connectivity index (χ0n) is 13.8. The monoisotopic (exact) mass is 330 g/mol. The summed E-state index contributed by atoms with van der Waals surface area (Å²) in [5.41, 5.74) is 4.93. The van der Waals surface area contributed by atoms with Gasteiger partial charge in [0.2, 0.25) is 0 Å². The van der Waals surface area contributed by atoms with Crippen molar-refractivity contribution in [3.8, 4) is 5.69 Å². The van der Waals surface area contributed by atoms with Gasteiger partial charge in [-0.1, -0.05) is 18.0 Å². The number of anilines is 1. The van der Waals surface area contributed by atoms with Gasteiger partial charge in [0, 0.05) is 17.1 Å². The Bertz CT molecular complexity index is 737. The maximum Gasteiger partial charge on any atom is 0.133 e. The van der Waals surface area contributed by atoms with Gasteiger partial charge >= 0.3 is 0 Å². The van der Waals surface area contributed by atoms with Crippen LogP contribution >= 0.6 is 11.6 Å². The van der Waals surface area contributed by atoms with Crippen LogP contribution in [0.5, 0.6) is 0 Å². The van der Waals surface area contributed by atoms with Crippen molar-refractivity contribution in [2.45, 2.75) is 38.6 Å². The van der Waals surface area contributed by atoms with Gasteiger partial charge in [0.25, 0.3) is 0 Å². The molecule has 0 bridgehead atoms. The maximum atomic E-state index is 6.12. The molecule has 1 atom stereocenters. The number of hydrogen-bond acceptors (Lipinski definition) is 3. The second-order valence-corrected chi connectivity index (χ2v) is 7.16. The second-order valence-electron chi connectivity index (χ2n) is 6.72. The number of rotatable bonds is 2. The lowest BCUT2D eigenvalue weighted by molar-refractivity contribution is 0.182. The maximum absolute atomic E-state index is 6.12. The molecule has 2 aliphatic rings. The highest BCUT2D eigenvalue weighted by molar-refractivity contribution is 6.30. The fraction of sp³-hybridized carbons (Fsp3) is 0.500. The van der Waals surface area contributed by atoms with Gasteiger partial charge in [0.1, 0.15) is 5.82 Å². The fourth-order valence-electron chi connectivity index (χ4n) is 3.92. The average molecular weight is 331 g/mol. The van der Waals surface area contributed by atoms with Gasteiger partial charge in [-0.15, -0.1) is 0 Å². The molecule has 1 N–H and O–H groups in total.